The second kappa shape index (κ2) is 4.72. The Hall–Kier alpha value is -1.26. The van der Waals surface area contributed by atoms with Gasteiger partial charge < -0.3 is 15.9 Å². The fourth-order valence-electron chi connectivity index (χ4n) is 1.73. The average molecular weight is 224 g/mol. The number of benzene rings is 1. The van der Waals surface area contributed by atoms with Crippen molar-refractivity contribution in [3.63, 3.8) is 0 Å². The first kappa shape index (κ1) is 12.8. The van der Waals surface area contributed by atoms with Crippen LogP contribution in [-0.2, 0) is 6.54 Å². The lowest BCUT2D eigenvalue weighted by Gasteiger charge is -2.25. The molecule has 16 heavy (non-hydrogen) atoms. The molecular weight excluding hydrogens is 204 g/mol. The largest absolute Gasteiger partial charge is 0.506 e. The van der Waals surface area contributed by atoms with Crippen LogP contribution in [0.2, 0.25) is 0 Å². The zero-order valence-electron chi connectivity index (χ0n) is 10.1. The van der Waals surface area contributed by atoms with Gasteiger partial charge in [-0.05, 0) is 38.6 Å². The number of rotatable bonds is 4. The normalized spacial score (nSPS) is 12.1. The van der Waals surface area contributed by atoms with Gasteiger partial charge in [0.1, 0.15) is 5.75 Å². The van der Waals surface area contributed by atoms with E-state index in [0.29, 0.717) is 18.8 Å². The van der Waals surface area contributed by atoms with Gasteiger partial charge in [-0.2, -0.15) is 0 Å². The fraction of sp³-hybridized carbons (Fsp3) is 0.500. The molecule has 0 bridgehead atoms. The first-order valence-corrected chi connectivity index (χ1v) is 5.26. The molecule has 0 amide bonds. The monoisotopic (exact) mass is 224 g/mol. The van der Waals surface area contributed by atoms with Gasteiger partial charge in [0.15, 0.2) is 0 Å². The summed E-state index contributed by atoms with van der Waals surface area (Å²) in [6.45, 7) is 4.81. The summed E-state index contributed by atoms with van der Waals surface area (Å²) in [5.41, 5.74) is 6.29. The molecule has 0 fully saturated rings. The summed E-state index contributed by atoms with van der Waals surface area (Å²) < 4.78 is 0. The van der Waals surface area contributed by atoms with E-state index in [1.807, 2.05) is 18.0 Å². The number of anilines is 1. The molecule has 0 aliphatic heterocycles. The molecule has 4 N–H and O–H groups in total. The number of hydrogen-bond acceptors (Lipinski definition) is 4. The molecule has 0 radical (unpaired) electrons. The highest BCUT2D eigenvalue weighted by atomic mass is 16.3. The molecule has 0 heterocycles. The van der Waals surface area contributed by atoms with Crippen molar-refractivity contribution in [3.8, 4) is 5.75 Å². The van der Waals surface area contributed by atoms with E-state index in [1.165, 1.54) is 0 Å². The summed E-state index contributed by atoms with van der Waals surface area (Å²) >= 11 is 0. The van der Waals surface area contributed by atoms with Gasteiger partial charge in [0.25, 0.3) is 0 Å². The number of phenolic OH excluding ortho intramolecular Hbond substituents is 1. The first-order chi connectivity index (χ1) is 7.28. The minimum Gasteiger partial charge on any atom is -0.506 e. The van der Waals surface area contributed by atoms with Crippen LogP contribution >= 0.6 is 0 Å². The van der Waals surface area contributed by atoms with Crippen molar-refractivity contribution < 1.29 is 10.2 Å². The van der Waals surface area contributed by atoms with Gasteiger partial charge >= 0.3 is 0 Å². The molecule has 0 aliphatic carbocycles. The molecule has 4 nitrogen and oxygen atoms in total. The Morgan fingerprint density at radius 1 is 1.38 bits per heavy atom. The van der Waals surface area contributed by atoms with Crippen LogP contribution in [0.4, 0.5) is 5.69 Å². The summed E-state index contributed by atoms with van der Waals surface area (Å²) in [5, 5.41) is 18.9. The van der Waals surface area contributed by atoms with Crippen molar-refractivity contribution in [3.05, 3.63) is 23.8 Å². The van der Waals surface area contributed by atoms with Crippen LogP contribution in [0.15, 0.2) is 18.2 Å². The highest BCUT2D eigenvalue weighted by Crippen LogP contribution is 2.21. The molecule has 1 rings (SSSR count). The minimum atomic E-state index is -0.711. The Labute approximate surface area is 96.3 Å². The van der Waals surface area contributed by atoms with Gasteiger partial charge in [-0.15, -0.1) is 0 Å². The molecule has 0 aromatic heterocycles. The molecule has 1 aromatic carbocycles. The van der Waals surface area contributed by atoms with E-state index >= 15 is 0 Å². The van der Waals surface area contributed by atoms with E-state index in [4.69, 9.17) is 5.73 Å². The Bertz CT molecular complexity index is 359. The quantitative estimate of drug-likeness (QED) is 0.530. The molecule has 0 atom stereocenters. The van der Waals surface area contributed by atoms with Crippen LogP contribution in [0.25, 0.3) is 0 Å². The van der Waals surface area contributed by atoms with Crippen molar-refractivity contribution >= 4 is 5.69 Å². The maximum absolute atomic E-state index is 9.66. The van der Waals surface area contributed by atoms with Crippen LogP contribution in [0.3, 0.4) is 0 Å². The van der Waals surface area contributed by atoms with Gasteiger partial charge in [0.05, 0.1) is 11.3 Å². The van der Waals surface area contributed by atoms with E-state index in [9.17, 15) is 10.2 Å². The molecule has 4 heteroatoms. The SMILES string of the molecule is CN(Cc1ccc(O)c(N)c1)CC(C)(C)O. The number of nitrogens with zero attached hydrogens (tertiary/aromatic N) is 1. The predicted octanol–water partition coefficient (Wildman–Crippen LogP) is 1.18. The second-order valence-corrected chi connectivity index (χ2v) is 4.88. The second-order valence-electron chi connectivity index (χ2n) is 4.88. The number of aliphatic hydroxyl groups is 1. The van der Waals surface area contributed by atoms with Crippen LogP contribution < -0.4 is 5.73 Å². The zero-order valence-corrected chi connectivity index (χ0v) is 10.1. The first-order valence-electron chi connectivity index (χ1n) is 5.26. The van der Waals surface area contributed by atoms with Crippen molar-refractivity contribution in [2.45, 2.75) is 26.0 Å². The summed E-state index contributed by atoms with van der Waals surface area (Å²) in [6.07, 6.45) is 0. The van der Waals surface area contributed by atoms with Crippen LogP contribution in [-0.4, -0.2) is 34.3 Å². The summed E-state index contributed by atoms with van der Waals surface area (Å²) in [7, 11) is 1.93. The van der Waals surface area contributed by atoms with Gasteiger partial charge in [0, 0.05) is 13.1 Å². The summed E-state index contributed by atoms with van der Waals surface area (Å²) in [4.78, 5) is 2.01. The molecule has 0 unspecified atom stereocenters. The molecule has 0 spiro atoms. The van der Waals surface area contributed by atoms with Crippen molar-refractivity contribution in [1.29, 1.82) is 0 Å². The highest BCUT2D eigenvalue weighted by Gasteiger charge is 2.15. The maximum Gasteiger partial charge on any atom is 0.138 e. The fourth-order valence-corrected chi connectivity index (χ4v) is 1.73. The topological polar surface area (TPSA) is 69.7 Å². The lowest BCUT2D eigenvalue weighted by molar-refractivity contribution is 0.0425. The third-order valence-corrected chi connectivity index (χ3v) is 2.20. The molecule has 0 saturated heterocycles. The summed E-state index contributed by atoms with van der Waals surface area (Å²) in [6, 6.07) is 5.16. The number of nitrogens with two attached hydrogens (primary N) is 1. The van der Waals surface area contributed by atoms with E-state index in [2.05, 4.69) is 0 Å². The van der Waals surface area contributed by atoms with Gasteiger partial charge in [-0.25, -0.2) is 0 Å². The standard InChI is InChI=1S/C12H20N2O2/c1-12(2,16)8-14(3)7-9-4-5-11(15)10(13)6-9/h4-6,15-16H,7-8,13H2,1-3H3. The van der Waals surface area contributed by atoms with E-state index < -0.39 is 5.60 Å². The Morgan fingerprint density at radius 3 is 2.50 bits per heavy atom. The van der Waals surface area contributed by atoms with Crippen LogP contribution in [0.1, 0.15) is 19.4 Å². The predicted molar refractivity (Wildman–Crippen MR) is 65.2 cm³/mol. The van der Waals surface area contributed by atoms with Crippen LogP contribution in [0.5, 0.6) is 5.75 Å². The zero-order chi connectivity index (χ0) is 12.3. The van der Waals surface area contributed by atoms with E-state index in [-0.39, 0.29) is 5.75 Å². The number of aromatic hydroxyl groups is 1. The third kappa shape index (κ3) is 4.08. The lowest BCUT2D eigenvalue weighted by Crippen LogP contribution is -2.35. The third-order valence-electron chi connectivity index (χ3n) is 2.20. The Morgan fingerprint density at radius 2 is 2.00 bits per heavy atom. The average Bonchev–Trinajstić information content (AvgIpc) is 2.08. The molecule has 0 saturated carbocycles. The van der Waals surface area contributed by atoms with E-state index in [0.717, 1.165) is 5.56 Å². The number of nitrogen functional groups attached to an aromatic ring is 1. The number of phenols is 1. The van der Waals surface area contributed by atoms with Crippen molar-refractivity contribution in [2.24, 2.45) is 0 Å². The smallest absolute Gasteiger partial charge is 0.138 e. The summed E-state index contributed by atoms with van der Waals surface area (Å²) in [5.74, 6) is 0.105. The van der Waals surface area contributed by atoms with Gasteiger partial charge in [-0.1, -0.05) is 6.07 Å². The molecule has 90 valence electrons. The van der Waals surface area contributed by atoms with Crippen molar-refractivity contribution in [2.75, 3.05) is 19.3 Å². The number of likely N-dealkylation sites (N-methyl/N-ethyl adjacent to an activating group) is 1. The Balaban J connectivity index is 2.63. The maximum atomic E-state index is 9.66. The lowest BCUT2D eigenvalue weighted by atomic mass is 10.1. The molecular formula is C12H20N2O2. The number of hydrogen-bond donors (Lipinski definition) is 3. The Kier molecular flexibility index (Phi) is 3.78. The highest BCUT2D eigenvalue weighted by molar-refractivity contribution is 5.53. The molecule has 1 aromatic rings. The molecule has 0 aliphatic rings. The van der Waals surface area contributed by atoms with Gasteiger partial charge in [-0.3, -0.25) is 4.90 Å². The van der Waals surface area contributed by atoms with E-state index in [1.54, 1.807) is 26.0 Å². The van der Waals surface area contributed by atoms with Crippen LogP contribution in [0, 0.1) is 0 Å². The van der Waals surface area contributed by atoms with Crippen molar-refractivity contribution in [1.82, 2.24) is 4.90 Å². The van der Waals surface area contributed by atoms with Gasteiger partial charge in [0.2, 0.25) is 0 Å². The minimum absolute atomic E-state index is 0.105.